The van der Waals surface area contributed by atoms with Gasteiger partial charge in [-0.1, -0.05) is 37.0 Å². The molecule has 110 valence electrons. The highest BCUT2D eigenvalue weighted by Crippen LogP contribution is 2.48. The van der Waals surface area contributed by atoms with Crippen LogP contribution < -0.4 is 5.32 Å². The van der Waals surface area contributed by atoms with E-state index in [0.29, 0.717) is 28.0 Å². The Balaban J connectivity index is 2.28. The van der Waals surface area contributed by atoms with Gasteiger partial charge in [0.05, 0.1) is 33.7 Å². The smallest absolute Gasteiger partial charge is 0.130 e. The van der Waals surface area contributed by atoms with E-state index in [1.165, 1.54) is 0 Å². The summed E-state index contributed by atoms with van der Waals surface area (Å²) in [6.07, 6.45) is 1.77. The van der Waals surface area contributed by atoms with Crippen LogP contribution in [0.2, 0.25) is 10.0 Å². The molecule has 1 aliphatic heterocycles. The monoisotopic (exact) mass is 333 g/mol. The fraction of sp³-hybridized carbons (Fsp3) is 0.538. The van der Waals surface area contributed by atoms with Crippen LogP contribution in [0.25, 0.3) is 0 Å². The zero-order valence-electron chi connectivity index (χ0n) is 11.4. The normalized spacial score (nSPS) is 13.2. The molecule has 0 bridgehead atoms. The third-order valence-corrected chi connectivity index (χ3v) is 5.03. The van der Waals surface area contributed by atoms with E-state index in [-0.39, 0.29) is 12.0 Å². The number of anilines is 1. The Morgan fingerprint density at radius 3 is 2.45 bits per heavy atom. The van der Waals surface area contributed by atoms with E-state index in [1.54, 1.807) is 6.07 Å². The van der Waals surface area contributed by atoms with Crippen LogP contribution in [0.1, 0.15) is 26.7 Å². The van der Waals surface area contributed by atoms with Crippen molar-refractivity contribution in [2.75, 3.05) is 18.5 Å². The van der Waals surface area contributed by atoms with Crippen LogP contribution in [0.5, 0.6) is 0 Å². The molecule has 1 aromatic carbocycles. The first kappa shape index (κ1) is 15.8. The molecule has 0 unspecified atom stereocenters. The van der Waals surface area contributed by atoms with Crippen LogP contribution in [-0.2, 0) is 11.4 Å². The second-order valence-electron chi connectivity index (χ2n) is 4.90. The summed E-state index contributed by atoms with van der Waals surface area (Å²) in [5.74, 6) is 0. The van der Waals surface area contributed by atoms with E-state index in [2.05, 4.69) is 27.9 Å². The maximum absolute atomic E-state index is 9.62. The number of halogens is 2. The standard InChI is InChI=1S/C13H17Cl2N3OS/c1-3-13(4-2,7-19)6-16-10-8(14)5-9(15)11-12(10)18-20-17-11/h5,16,19H,3-4,6-7H2,1-2H3. The summed E-state index contributed by atoms with van der Waals surface area (Å²) in [5.41, 5.74) is 1.93. The lowest BCUT2D eigenvalue weighted by atomic mass is 9.83. The number of rotatable bonds is 6. The summed E-state index contributed by atoms with van der Waals surface area (Å²) in [4.78, 5) is 0. The van der Waals surface area contributed by atoms with E-state index < -0.39 is 0 Å². The predicted octanol–water partition coefficient (Wildman–Crippen LogP) is 4.93. The first-order valence-corrected chi connectivity index (χ1v) is 8.00. The Bertz CT molecular complexity index is 573. The summed E-state index contributed by atoms with van der Waals surface area (Å²) >= 11 is 13.5. The summed E-state index contributed by atoms with van der Waals surface area (Å²) < 4.78 is 8.43. The van der Waals surface area contributed by atoms with Crippen molar-refractivity contribution in [3.63, 3.8) is 0 Å². The maximum Gasteiger partial charge on any atom is 0.130 e. The van der Waals surface area contributed by atoms with Crippen molar-refractivity contribution in [1.82, 2.24) is 0 Å². The number of benzene rings is 1. The van der Waals surface area contributed by atoms with Crippen molar-refractivity contribution in [3.05, 3.63) is 16.1 Å². The summed E-state index contributed by atoms with van der Waals surface area (Å²) in [7, 11) is 0. The van der Waals surface area contributed by atoms with Gasteiger partial charge in [-0.3, -0.25) is 0 Å². The van der Waals surface area contributed by atoms with Gasteiger partial charge in [-0.2, -0.15) is 8.73 Å². The fourth-order valence-corrected chi connectivity index (χ4v) is 3.28. The average Bonchev–Trinajstić information content (AvgIpc) is 2.93. The lowest BCUT2D eigenvalue weighted by Crippen LogP contribution is -2.32. The highest BCUT2D eigenvalue weighted by Gasteiger charge is 2.27. The molecule has 2 N–H and O–H groups in total. The van der Waals surface area contributed by atoms with Gasteiger partial charge in [0.1, 0.15) is 11.4 Å². The molecule has 1 aliphatic rings. The van der Waals surface area contributed by atoms with Crippen LogP contribution in [0.15, 0.2) is 14.8 Å². The van der Waals surface area contributed by atoms with Gasteiger partial charge in [0.2, 0.25) is 0 Å². The average molecular weight is 334 g/mol. The van der Waals surface area contributed by atoms with E-state index in [0.717, 1.165) is 29.9 Å². The van der Waals surface area contributed by atoms with Gasteiger partial charge in [0, 0.05) is 12.0 Å². The first-order valence-electron chi connectivity index (χ1n) is 6.52. The maximum atomic E-state index is 9.62. The first-order chi connectivity index (χ1) is 9.56. The largest absolute Gasteiger partial charge is 0.396 e. The molecular weight excluding hydrogens is 317 g/mol. The number of nitrogens with zero attached hydrogens (tertiary/aromatic N) is 2. The molecule has 20 heavy (non-hydrogen) atoms. The van der Waals surface area contributed by atoms with Crippen molar-refractivity contribution >= 4 is 51.6 Å². The van der Waals surface area contributed by atoms with Gasteiger partial charge >= 0.3 is 0 Å². The van der Waals surface area contributed by atoms with Gasteiger partial charge in [-0.15, -0.1) is 0 Å². The van der Waals surface area contributed by atoms with E-state index in [1.807, 2.05) is 0 Å². The fourth-order valence-electron chi connectivity index (χ4n) is 2.10. The predicted molar refractivity (Wildman–Crippen MR) is 86.6 cm³/mol. The molecule has 1 aromatic rings. The van der Waals surface area contributed by atoms with Crippen LogP contribution in [0.4, 0.5) is 17.1 Å². The molecule has 4 nitrogen and oxygen atoms in total. The van der Waals surface area contributed by atoms with Gasteiger partial charge in [0.15, 0.2) is 0 Å². The van der Waals surface area contributed by atoms with Crippen LogP contribution in [0, 0.1) is 5.41 Å². The second-order valence-corrected chi connectivity index (χ2v) is 6.24. The number of hydrogen-bond acceptors (Lipinski definition) is 4. The Labute approximate surface area is 132 Å². The number of aliphatic hydroxyl groups is 1. The van der Waals surface area contributed by atoms with Gasteiger partial charge in [0.25, 0.3) is 0 Å². The second kappa shape index (κ2) is 6.43. The minimum absolute atomic E-state index is 0.136. The molecule has 0 atom stereocenters. The van der Waals surface area contributed by atoms with Crippen molar-refractivity contribution in [2.24, 2.45) is 14.1 Å². The highest BCUT2D eigenvalue weighted by atomic mass is 35.5. The SMILES string of the molecule is CCC(CC)(CO)CNc1c(Cl)cc(Cl)c2c1N=S=N2. The molecule has 0 aliphatic carbocycles. The minimum atomic E-state index is -0.154. The summed E-state index contributed by atoms with van der Waals surface area (Å²) in [6, 6.07) is 1.67. The Hall–Kier alpha value is -0.620. The molecule has 0 aromatic heterocycles. The summed E-state index contributed by atoms with van der Waals surface area (Å²) in [6.45, 7) is 4.91. The molecule has 0 saturated heterocycles. The molecule has 2 rings (SSSR count). The zero-order chi connectivity index (χ0) is 14.8. The van der Waals surface area contributed by atoms with Crippen LogP contribution in [-0.4, -0.2) is 18.3 Å². The molecule has 1 heterocycles. The molecule has 0 saturated carbocycles. The quantitative estimate of drug-likeness (QED) is 0.787. The van der Waals surface area contributed by atoms with Crippen molar-refractivity contribution in [2.45, 2.75) is 26.7 Å². The number of hydrogen-bond donors (Lipinski definition) is 2. The molecule has 0 fully saturated rings. The minimum Gasteiger partial charge on any atom is -0.396 e. The third-order valence-electron chi connectivity index (χ3n) is 3.92. The molecular formula is C13H17Cl2N3OS. The van der Waals surface area contributed by atoms with Gasteiger partial charge in [-0.25, -0.2) is 0 Å². The molecule has 0 amide bonds. The molecule has 7 heteroatoms. The Morgan fingerprint density at radius 1 is 1.20 bits per heavy atom. The van der Waals surface area contributed by atoms with E-state index >= 15 is 0 Å². The van der Waals surface area contributed by atoms with Gasteiger partial charge in [-0.05, 0) is 18.9 Å². The lowest BCUT2D eigenvalue weighted by molar-refractivity contribution is 0.127. The number of nitrogens with one attached hydrogen (secondary N) is 1. The molecule has 0 radical (unpaired) electrons. The Morgan fingerprint density at radius 2 is 1.85 bits per heavy atom. The Kier molecular flexibility index (Phi) is 5.07. The third kappa shape index (κ3) is 2.86. The lowest BCUT2D eigenvalue weighted by Gasteiger charge is -2.30. The van der Waals surface area contributed by atoms with Gasteiger partial charge < -0.3 is 10.4 Å². The summed E-state index contributed by atoms with van der Waals surface area (Å²) in [5, 5.41) is 14.0. The highest BCUT2D eigenvalue weighted by molar-refractivity contribution is 7.58. The van der Waals surface area contributed by atoms with Crippen molar-refractivity contribution in [1.29, 1.82) is 0 Å². The van der Waals surface area contributed by atoms with Crippen LogP contribution >= 0.6 is 23.2 Å². The van der Waals surface area contributed by atoms with Crippen molar-refractivity contribution < 1.29 is 5.11 Å². The number of fused-ring (bicyclic) bond motifs is 1. The van der Waals surface area contributed by atoms with Crippen molar-refractivity contribution in [3.8, 4) is 0 Å². The topological polar surface area (TPSA) is 57.0 Å². The van der Waals surface area contributed by atoms with Crippen LogP contribution in [0.3, 0.4) is 0 Å². The van der Waals surface area contributed by atoms with E-state index in [4.69, 9.17) is 23.2 Å². The van der Waals surface area contributed by atoms with E-state index in [9.17, 15) is 5.11 Å². The zero-order valence-corrected chi connectivity index (χ0v) is 13.7. The number of aliphatic hydroxyl groups excluding tert-OH is 1. The molecule has 0 spiro atoms.